The molecule has 1 aromatic rings. The molecule has 1 aromatic carbocycles. The molecule has 1 rings (SSSR count). The Labute approximate surface area is 128 Å². The van der Waals surface area contributed by atoms with Crippen LogP contribution in [0.25, 0.3) is 0 Å². The van der Waals surface area contributed by atoms with E-state index < -0.39 is 0 Å². The van der Waals surface area contributed by atoms with Crippen LogP contribution in [0.4, 0.5) is 0 Å². The Morgan fingerprint density at radius 3 is 2.75 bits per heavy atom. The molecule has 5 heteroatoms. The first kappa shape index (κ1) is 16.8. The summed E-state index contributed by atoms with van der Waals surface area (Å²) in [4.78, 5) is 12.1. The van der Waals surface area contributed by atoms with Crippen LogP contribution in [-0.2, 0) is 0 Å². The van der Waals surface area contributed by atoms with Crippen LogP contribution in [0.15, 0.2) is 18.2 Å². The van der Waals surface area contributed by atoms with Gasteiger partial charge in [-0.2, -0.15) is 0 Å². The van der Waals surface area contributed by atoms with Gasteiger partial charge in [0.15, 0.2) is 0 Å². The highest BCUT2D eigenvalue weighted by Gasteiger charge is 2.20. The van der Waals surface area contributed by atoms with E-state index in [9.17, 15) is 9.90 Å². The second kappa shape index (κ2) is 7.53. The van der Waals surface area contributed by atoms with E-state index in [2.05, 4.69) is 35.1 Å². The van der Waals surface area contributed by atoms with E-state index in [4.69, 9.17) is 4.74 Å². The summed E-state index contributed by atoms with van der Waals surface area (Å²) in [5.41, 5.74) is 0.262. The van der Waals surface area contributed by atoms with E-state index in [1.807, 2.05) is 0 Å². The number of benzene rings is 1. The Morgan fingerprint density at radius 1 is 1.45 bits per heavy atom. The van der Waals surface area contributed by atoms with Crippen LogP contribution in [0.1, 0.15) is 37.0 Å². The van der Waals surface area contributed by atoms with Crippen LogP contribution in [0.5, 0.6) is 11.5 Å². The fourth-order valence-electron chi connectivity index (χ4n) is 1.87. The van der Waals surface area contributed by atoms with Crippen molar-refractivity contribution in [1.29, 1.82) is 0 Å². The number of methoxy groups -OCH3 is 1. The topological polar surface area (TPSA) is 58.6 Å². The second-order valence-electron chi connectivity index (χ2n) is 5.52. The SMILES string of the molecule is COc1ccc(O)c(C(=O)NCC(C)(C)CCCBr)c1. The summed E-state index contributed by atoms with van der Waals surface area (Å²) in [6.07, 6.45) is 2.08. The van der Waals surface area contributed by atoms with Gasteiger partial charge >= 0.3 is 0 Å². The number of hydrogen-bond donors (Lipinski definition) is 2. The number of rotatable bonds is 7. The summed E-state index contributed by atoms with van der Waals surface area (Å²) in [5, 5.41) is 13.6. The zero-order valence-electron chi connectivity index (χ0n) is 12.2. The molecule has 4 nitrogen and oxygen atoms in total. The fraction of sp³-hybridized carbons (Fsp3) is 0.533. The largest absolute Gasteiger partial charge is 0.507 e. The number of carbonyl (C=O) groups excluding carboxylic acids is 1. The third kappa shape index (κ3) is 5.04. The lowest BCUT2D eigenvalue weighted by Crippen LogP contribution is -2.34. The number of aromatic hydroxyl groups is 1. The lowest BCUT2D eigenvalue weighted by Gasteiger charge is -2.24. The maximum absolute atomic E-state index is 12.1. The molecular weight excluding hydrogens is 322 g/mol. The van der Waals surface area contributed by atoms with Gasteiger partial charge in [-0.15, -0.1) is 0 Å². The summed E-state index contributed by atoms with van der Waals surface area (Å²) in [7, 11) is 1.53. The zero-order valence-corrected chi connectivity index (χ0v) is 13.8. The van der Waals surface area contributed by atoms with Gasteiger partial charge in [-0.25, -0.2) is 0 Å². The normalized spacial score (nSPS) is 11.2. The van der Waals surface area contributed by atoms with Crippen molar-refractivity contribution in [3.05, 3.63) is 23.8 Å². The maximum atomic E-state index is 12.1. The molecule has 0 saturated carbocycles. The molecule has 0 atom stereocenters. The van der Waals surface area contributed by atoms with E-state index in [1.54, 1.807) is 6.07 Å². The molecule has 1 amide bonds. The molecule has 2 N–H and O–H groups in total. The number of phenols is 1. The molecule has 0 aliphatic carbocycles. The van der Waals surface area contributed by atoms with Gasteiger partial charge in [-0.3, -0.25) is 4.79 Å². The molecule has 0 heterocycles. The molecule has 20 heavy (non-hydrogen) atoms. The Balaban J connectivity index is 2.67. The molecular formula is C15H22BrNO3. The number of amides is 1. The highest BCUT2D eigenvalue weighted by molar-refractivity contribution is 9.09. The van der Waals surface area contributed by atoms with Crippen LogP contribution in [0, 0.1) is 5.41 Å². The van der Waals surface area contributed by atoms with E-state index in [0.717, 1.165) is 18.2 Å². The molecule has 0 fully saturated rings. The molecule has 0 unspecified atom stereocenters. The average molecular weight is 344 g/mol. The van der Waals surface area contributed by atoms with Crippen LogP contribution < -0.4 is 10.1 Å². The van der Waals surface area contributed by atoms with Crippen LogP contribution in [0.2, 0.25) is 0 Å². The molecule has 0 bridgehead atoms. The average Bonchev–Trinajstić information content (AvgIpc) is 2.43. The third-order valence-electron chi connectivity index (χ3n) is 3.16. The van der Waals surface area contributed by atoms with Crippen molar-refractivity contribution in [1.82, 2.24) is 5.32 Å². The van der Waals surface area contributed by atoms with Gasteiger partial charge in [0.1, 0.15) is 11.5 Å². The first-order valence-corrected chi connectivity index (χ1v) is 7.73. The smallest absolute Gasteiger partial charge is 0.255 e. The van der Waals surface area contributed by atoms with Gasteiger partial charge < -0.3 is 15.2 Å². The predicted molar refractivity (Wildman–Crippen MR) is 83.8 cm³/mol. The number of hydrogen-bond acceptors (Lipinski definition) is 3. The molecule has 0 saturated heterocycles. The van der Waals surface area contributed by atoms with Crippen molar-refractivity contribution >= 4 is 21.8 Å². The first-order valence-electron chi connectivity index (χ1n) is 6.61. The Hall–Kier alpha value is -1.23. The fourth-order valence-corrected chi connectivity index (χ4v) is 2.15. The summed E-state index contributed by atoms with van der Waals surface area (Å²) < 4.78 is 5.06. The summed E-state index contributed by atoms with van der Waals surface area (Å²) in [6, 6.07) is 4.62. The van der Waals surface area contributed by atoms with Gasteiger partial charge in [0.05, 0.1) is 12.7 Å². The number of phenolic OH excluding ortho intramolecular Hbond substituents is 1. The van der Waals surface area contributed by atoms with Crippen molar-refractivity contribution in [3.63, 3.8) is 0 Å². The van der Waals surface area contributed by atoms with E-state index in [1.165, 1.54) is 19.2 Å². The quantitative estimate of drug-likeness (QED) is 0.746. The number of halogens is 1. The highest BCUT2D eigenvalue weighted by atomic mass is 79.9. The number of ether oxygens (including phenoxy) is 1. The van der Waals surface area contributed by atoms with Gasteiger partial charge in [-0.05, 0) is 36.5 Å². The summed E-state index contributed by atoms with van der Waals surface area (Å²) in [5.74, 6) is 0.224. The Bertz CT molecular complexity index is 460. The Morgan fingerprint density at radius 2 is 2.15 bits per heavy atom. The maximum Gasteiger partial charge on any atom is 0.255 e. The van der Waals surface area contributed by atoms with Crippen molar-refractivity contribution in [2.75, 3.05) is 19.0 Å². The predicted octanol–water partition coefficient (Wildman–Crippen LogP) is 3.33. The van der Waals surface area contributed by atoms with Crippen LogP contribution >= 0.6 is 15.9 Å². The van der Waals surface area contributed by atoms with E-state index in [0.29, 0.717) is 12.3 Å². The first-order chi connectivity index (χ1) is 9.39. The Kier molecular flexibility index (Phi) is 6.33. The minimum Gasteiger partial charge on any atom is -0.507 e. The van der Waals surface area contributed by atoms with E-state index in [-0.39, 0.29) is 22.6 Å². The minimum atomic E-state index is -0.284. The second-order valence-corrected chi connectivity index (χ2v) is 6.32. The van der Waals surface area contributed by atoms with Crippen molar-refractivity contribution < 1.29 is 14.6 Å². The minimum absolute atomic E-state index is 0.0257. The van der Waals surface area contributed by atoms with Gasteiger partial charge in [0.25, 0.3) is 5.91 Å². The van der Waals surface area contributed by atoms with Gasteiger partial charge in [-0.1, -0.05) is 29.8 Å². The van der Waals surface area contributed by atoms with Crippen molar-refractivity contribution in [2.45, 2.75) is 26.7 Å². The molecule has 112 valence electrons. The number of alkyl halides is 1. The monoisotopic (exact) mass is 343 g/mol. The van der Waals surface area contributed by atoms with Gasteiger partial charge in [0.2, 0.25) is 0 Å². The van der Waals surface area contributed by atoms with Crippen molar-refractivity contribution in [2.24, 2.45) is 5.41 Å². The molecule has 0 aliphatic rings. The molecule has 0 radical (unpaired) electrons. The van der Waals surface area contributed by atoms with Crippen molar-refractivity contribution in [3.8, 4) is 11.5 Å². The number of nitrogens with one attached hydrogen (secondary N) is 1. The van der Waals surface area contributed by atoms with Crippen LogP contribution in [-0.4, -0.2) is 30.0 Å². The third-order valence-corrected chi connectivity index (χ3v) is 3.72. The summed E-state index contributed by atoms with van der Waals surface area (Å²) in [6.45, 7) is 4.79. The number of carbonyl (C=O) groups is 1. The molecule has 0 aliphatic heterocycles. The van der Waals surface area contributed by atoms with E-state index >= 15 is 0 Å². The molecule has 0 aromatic heterocycles. The lowest BCUT2D eigenvalue weighted by molar-refractivity contribution is 0.0931. The lowest BCUT2D eigenvalue weighted by atomic mass is 9.88. The zero-order chi connectivity index (χ0) is 15.2. The highest BCUT2D eigenvalue weighted by Crippen LogP contribution is 2.24. The molecule has 0 spiro atoms. The summed E-state index contributed by atoms with van der Waals surface area (Å²) >= 11 is 3.41. The standard InChI is InChI=1S/C15H22BrNO3/c1-15(2,7-4-8-16)10-17-14(19)12-9-11(20-3)5-6-13(12)18/h5-6,9,18H,4,7-8,10H2,1-3H3,(H,17,19). The van der Waals surface area contributed by atoms with Crippen LogP contribution in [0.3, 0.4) is 0 Å². The van der Waals surface area contributed by atoms with Gasteiger partial charge in [0, 0.05) is 11.9 Å².